The second-order valence-corrected chi connectivity index (χ2v) is 36.8. The number of nitrogens with two attached hydrogens (primary N) is 3. The third kappa shape index (κ3) is 40.1. The number of carbonyl (C=O) groups excluding carboxylic acids is 8. The van der Waals surface area contributed by atoms with Crippen LogP contribution in [-0.2, 0) is 33.2 Å². The fourth-order valence-corrected chi connectivity index (χ4v) is 14.6. The molecule has 0 aliphatic heterocycles. The van der Waals surface area contributed by atoms with Crippen LogP contribution >= 0.6 is 119 Å². The number of nitrogens with one attached hydrogen (secondary N) is 1. The normalized spacial score (nSPS) is 10.7. The summed E-state index contributed by atoms with van der Waals surface area (Å²) in [6.45, 7) is 20.7. The molecular formula is C87H103ClN6O18S9. The first-order valence-corrected chi connectivity index (χ1v) is 44.7. The first-order valence-electron chi connectivity index (χ1n) is 36.0. The number of benzene rings is 9. The SMILES string of the molecule is CO.COC(=O)c1ccc(S)cc1.COC(=O)c1ccc(Sc2cc(N)cc(SC)c2)cc1.COC(=O)c1ccc(Sc2cc(SC)cc(N(C(=O)OC(C)(C)C)C(=O)OC(C)(C)C)c2)cc1.CSc1cc(Cl)cc(N(C(=O)OC(C)(C)C)C(=O)OC(C)(C)C)c1.CSc1cc(N)cc(Sc2ccc(C(=O)NN)cc2)c1.O=C(O)c1ccc(S)cc1. The summed E-state index contributed by atoms with van der Waals surface area (Å²) in [4.78, 5) is 120. The number of ether oxygens (including phenoxy) is 7. The number of carbonyl (C=O) groups is 9. The highest BCUT2D eigenvalue weighted by Gasteiger charge is 2.35. The zero-order valence-electron chi connectivity index (χ0n) is 70.7. The van der Waals surface area contributed by atoms with E-state index in [-0.39, 0.29) is 23.4 Å². The van der Waals surface area contributed by atoms with E-state index < -0.39 is 58.7 Å². The molecule has 650 valence electrons. The van der Waals surface area contributed by atoms with Gasteiger partial charge in [-0.3, -0.25) is 10.2 Å². The predicted octanol–water partition coefficient (Wildman–Crippen LogP) is 22.5. The summed E-state index contributed by atoms with van der Waals surface area (Å²) in [7, 11) is 5.07. The lowest BCUT2D eigenvalue weighted by molar-refractivity contribution is 0.0408. The van der Waals surface area contributed by atoms with Crippen molar-refractivity contribution in [3.8, 4) is 0 Å². The number of rotatable bonds is 17. The molecule has 0 aromatic heterocycles. The van der Waals surface area contributed by atoms with Crippen molar-refractivity contribution in [1.82, 2.24) is 5.43 Å². The molecule has 121 heavy (non-hydrogen) atoms. The van der Waals surface area contributed by atoms with Crippen LogP contribution in [0.2, 0.25) is 5.02 Å². The standard InChI is InChI=1S/C25H31NO6S2.C17H24ClNO4S.C15H15NO2S2.C14H15N3OS2.C8H8O2S.C7H6O2S.CH4O/c1-24(2,3)31-22(28)26(23(29)32-25(4,5)6)17-13-19(33-8)15-20(14-17)34-18-11-9-16(10-12-18)21(27)30-7;1-16(2,3)22-14(20)19(15(21)23-17(4,5)6)12-8-11(18)9-13(10-12)24-7;1-18-15(17)10-3-5-12(6-4-10)20-14-8-11(16)7-13(9-14)19-2;1-19-12-6-10(15)7-13(8-12)20-11-4-2-9(3-5-11)14(18)17-16;1-10-8(9)6-2-4-7(11)5-3-6;8-7(9)5-1-3-6(10)4-2-5;1-2/h9-15H,1-8H3;8-10H,1-7H3;3-9H,16H2,1-2H3;2-8H,15-16H2,1H3,(H,17,18);2-5,11H,1H3;1-4,10H,(H,8,9);2H,1H3. The van der Waals surface area contributed by atoms with Gasteiger partial charge in [-0.25, -0.2) is 44.2 Å². The maximum atomic E-state index is 13.0. The maximum absolute atomic E-state index is 13.0. The number of methoxy groups -OCH3 is 3. The van der Waals surface area contributed by atoms with Gasteiger partial charge in [0, 0.05) is 87.8 Å². The number of nitrogen functional groups attached to an aromatic ring is 3. The van der Waals surface area contributed by atoms with Crippen LogP contribution in [0.4, 0.5) is 41.9 Å². The lowest BCUT2D eigenvalue weighted by Crippen LogP contribution is -2.43. The monoisotopic (exact) mass is 1840 g/mol. The summed E-state index contributed by atoms with van der Waals surface area (Å²) in [6, 6.07) is 57.1. The number of hydrazine groups is 1. The van der Waals surface area contributed by atoms with Crippen molar-refractivity contribution in [2.45, 2.75) is 164 Å². The van der Waals surface area contributed by atoms with Crippen LogP contribution in [0.15, 0.2) is 253 Å². The van der Waals surface area contributed by atoms with E-state index >= 15 is 0 Å². The highest BCUT2D eigenvalue weighted by atomic mass is 35.5. The molecule has 0 saturated carbocycles. The Morgan fingerprint density at radius 2 is 0.595 bits per heavy atom. The molecular weight excluding hydrogens is 1740 g/mol. The molecule has 9 aromatic carbocycles. The molecule has 9 aromatic rings. The summed E-state index contributed by atoms with van der Waals surface area (Å²) in [5.74, 6) is 2.83. The van der Waals surface area contributed by atoms with E-state index in [1.807, 2.05) is 91.8 Å². The number of thiol groups is 2. The Morgan fingerprint density at radius 1 is 0.355 bits per heavy atom. The Kier molecular flexibility index (Phi) is 45.2. The largest absolute Gasteiger partial charge is 0.478 e. The van der Waals surface area contributed by atoms with E-state index in [0.717, 1.165) is 87.0 Å². The van der Waals surface area contributed by atoms with Crippen LogP contribution in [0.25, 0.3) is 0 Å². The van der Waals surface area contributed by atoms with E-state index in [1.54, 1.807) is 227 Å². The number of anilines is 4. The number of carboxylic acid groups (broad SMARTS) is 1. The fourth-order valence-electron chi connectivity index (χ4n) is 9.04. The maximum Gasteiger partial charge on any atom is 0.424 e. The van der Waals surface area contributed by atoms with Gasteiger partial charge in [0.05, 0.1) is 55.0 Å². The molecule has 0 radical (unpaired) electrons. The van der Waals surface area contributed by atoms with Gasteiger partial charge in [0.2, 0.25) is 0 Å². The predicted molar refractivity (Wildman–Crippen MR) is 496 cm³/mol. The van der Waals surface area contributed by atoms with Crippen LogP contribution in [0, 0.1) is 0 Å². The zero-order valence-corrected chi connectivity index (χ0v) is 78.9. The fraction of sp³-hybridized carbons (Fsp3) is 0.276. The van der Waals surface area contributed by atoms with Crippen molar-refractivity contribution in [2.75, 3.05) is 74.7 Å². The number of imide groups is 2. The topological polar surface area (TPSA) is 355 Å². The van der Waals surface area contributed by atoms with Crippen molar-refractivity contribution >= 4 is 196 Å². The summed E-state index contributed by atoms with van der Waals surface area (Å²) in [6.07, 6.45) is 4.55. The number of hydrogen-bond donors (Lipinski definition) is 8. The zero-order chi connectivity index (χ0) is 91.3. The van der Waals surface area contributed by atoms with Crippen LogP contribution in [-0.4, -0.2) is 140 Å². The summed E-state index contributed by atoms with van der Waals surface area (Å²) in [5.41, 5.74) is 15.3. The average Bonchev–Trinajstić information content (AvgIpc) is 0.808. The highest BCUT2D eigenvalue weighted by molar-refractivity contribution is 8.00. The average molecular weight is 1840 g/mol. The number of hydrogen-bond acceptors (Lipinski definition) is 29. The first-order chi connectivity index (χ1) is 56.7. The van der Waals surface area contributed by atoms with Crippen LogP contribution in [0.1, 0.15) is 135 Å². The van der Waals surface area contributed by atoms with Gasteiger partial charge in [-0.05, 0) is 302 Å². The molecule has 9 N–H and O–H groups in total. The number of halogens is 1. The van der Waals surface area contributed by atoms with Gasteiger partial charge < -0.3 is 54.8 Å². The van der Waals surface area contributed by atoms with Crippen LogP contribution in [0.3, 0.4) is 0 Å². The molecule has 0 fully saturated rings. The molecule has 0 saturated heterocycles. The molecule has 0 aliphatic rings. The van der Waals surface area contributed by atoms with E-state index in [0.29, 0.717) is 38.7 Å². The van der Waals surface area contributed by atoms with E-state index in [4.69, 9.17) is 62.8 Å². The molecule has 0 heterocycles. The van der Waals surface area contributed by atoms with Gasteiger partial charge in [-0.15, -0.1) is 72.3 Å². The highest BCUT2D eigenvalue weighted by Crippen LogP contribution is 2.38. The van der Waals surface area contributed by atoms with Gasteiger partial charge in [-0.2, -0.15) is 9.80 Å². The van der Waals surface area contributed by atoms with E-state index in [1.165, 1.54) is 74.8 Å². The lowest BCUT2D eigenvalue weighted by Gasteiger charge is -2.29. The molecule has 0 unspecified atom stereocenters. The van der Waals surface area contributed by atoms with E-state index in [2.05, 4.69) is 52.3 Å². The third-order valence-corrected chi connectivity index (χ3v) is 20.8. The molecule has 0 bridgehead atoms. The number of aromatic carboxylic acids is 1. The minimum absolute atomic E-state index is 0.290. The number of amides is 5. The molecule has 0 spiro atoms. The summed E-state index contributed by atoms with van der Waals surface area (Å²) >= 11 is 25.1. The van der Waals surface area contributed by atoms with Gasteiger partial charge in [-0.1, -0.05) is 46.9 Å². The number of nitrogens with zero attached hydrogens (tertiary/aromatic N) is 2. The van der Waals surface area contributed by atoms with Crippen molar-refractivity contribution in [2.24, 2.45) is 5.84 Å². The van der Waals surface area contributed by atoms with Gasteiger partial charge >= 0.3 is 48.3 Å². The summed E-state index contributed by atoms with van der Waals surface area (Å²) in [5, 5.41) is 15.9. The van der Waals surface area contributed by atoms with Crippen molar-refractivity contribution in [3.05, 3.63) is 227 Å². The van der Waals surface area contributed by atoms with Gasteiger partial charge in [0.25, 0.3) is 5.91 Å². The second kappa shape index (κ2) is 51.6. The quantitative estimate of drug-likeness (QED) is 0.00613. The van der Waals surface area contributed by atoms with Crippen molar-refractivity contribution in [1.29, 1.82) is 0 Å². The third-order valence-electron chi connectivity index (χ3n) is 14.2. The Morgan fingerprint density at radius 3 is 0.868 bits per heavy atom. The second-order valence-electron chi connectivity index (χ2n) is 28.4. The van der Waals surface area contributed by atoms with Crippen LogP contribution in [0.5, 0.6) is 0 Å². The molecule has 0 atom stereocenters. The summed E-state index contributed by atoms with van der Waals surface area (Å²) < 4.78 is 35.6. The lowest BCUT2D eigenvalue weighted by atomic mass is 10.2. The molecule has 34 heteroatoms. The Hall–Kier alpha value is -9.23. The minimum Gasteiger partial charge on any atom is -0.478 e. The van der Waals surface area contributed by atoms with E-state index in [9.17, 15) is 43.2 Å². The first kappa shape index (κ1) is 106. The Balaban J connectivity index is 0.000000389. The molecule has 0 aliphatic carbocycles. The number of aliphatic hydroxyl groups excluding tert-OH is 1. The number of aliphatic hydroxyl groups is 1. The number of carboxylic acids is 1. The van der Waals surface area contributed by atoms with Crippen LogP contribution < -0.4 is 32.5 Å². The molecule has 5 amide bonds. The Labute approximate surface area is 753 Å². The smallest absolute Gasteiger partial charge is 0.424 e. The van der Waals surface area contributed by atoms with Crippen molar-refractivity contribution in [3.63, 3.8) is 0 Å². The molecule has 24 nitrogen and oxygen atoms in total. The number of thioether (sulfide) groups is 4. The Bertz CT molecular complexity index is 4750. The minimum atomic E-state index is -0.909. The van der Waals surface area contributed by atoms with Gasteiger partial charge in [0.15, 0.2) is 0 Å². The molecule has 9 rings (SSSR count). The van der Waals surface area contributed by atoms with Crippen molar-refractivity contribution < 1.29 is 86.5 Å². The van der Waals surface area contributed by atoms with Gasteiger partial charge in [0.1, 0.15) is 22.4 Å². The number of esters is 3.